The highest BCUT2D eigenvalue weighted by molar-refractivity contribution is 5.94. The number of amides is 2. The molecule has 0 aliphatic carbocycles. The number of carbonyl (C=O) groups excluding carboxylic acids is 2. The molecule has 3 rings (SSSR count). The third kappa shape index (κ3) is 2.88. The number of hydrogen-bond acceptors (Lipinski definition) is 2. The summed E-state index contributed by atoms with van der Waals surface area (Å²) in [7, 11) is 0. The van der Waals surface area contributed by atoms with Crippen molar-refractivity contribution >= 4 is 11.8 Å². The summed E-state index contributed by atoms with van der Waals surface area (Å²) in [5.41, 5.74) is 7.01. The van der Waals surface area contributed by atoms with Crippen LogP contribution in [-0.2, 0) is 4.79 Å². The van der Waals surface area contributed by atoms with E-state index in [4.69, 9.17) is 5.73 Å². The molecule has 1 fully saturated rings. The van der Waals surface area contributed by atoms with Crippen LogP contribution in [0.15, 0.2) is 48.8 Å². The highest BCUT2D eigenvalue weighted by Gasteiger charge is 2.26. The first-order valence-corrected chi connectivity index (χ1v) is 7.47. The minimum Gasteiger partial charge on any atom is -0.369 e. The zero-order valence-corrected chi connectivity index (χ0v) is 12.3. The zero-order chi connectivity index (χ0) is 15.5. The predicted octanol–water partition coefficient (Wildman–Crippen LogP) is 1.81. The summed E-state index contributed by atoms with van der Waals surface area (Å²) in [4.78, 5) is 25.4. The number of hydrogen-bond donors (Lipinski definition) is 1. The van der Waals surface area contributed by atoms with Gasteiger partial charge < -0.3 is 15.2 Å². The van der Waals surface area contributed by atoms with Gasteiger partial charge >= 0.3 is 0 Å². The van der Waals surface area contributed by atoms with E-state index in [2.05, 4.69) is 0 Å². The number of aromatic nitrogens is 1. The van der Waals surface area contributed by atoms with Crippen molar-refractivity contribution in [1.82, 2.24) is 9.47 Å². The van der Waals surface area contributed by atoms with Gasteiger partial charge in [0.2, 0.25) is 5.91 Å². The van der Waals surface area contributed by atoms with Crippen LogP contribution in [0.3, 0.4) is 0 Å². The van der Waals surface area contributed by atoms with Crippen LogP contribution in [0.25, 0.3) is 5.69 Å². The Kier molecular flexibility index (Phi) is 3.96. The molecule has 2 aromatic rings. The monoisotopic (exact) mass is 297 g/mol. The van der Waals surface area contributed by atoms with Crippen molar-refractivity contribution < 1.29 is 9.59 Å². The van der Waals surface area contributed by atoms with Crippen LogP contribution in [0.2, 0.25) is 0 Å². The SMILES string of the molecule is NC(=O)C1CCN(C(=O)c2ccc(-n3cccc3)cc2)CC1. The molecule has 1 aromatic carbocycles. The molecule has 1 aliphatic rings. The highest BCUT2D eigenvalue weighted by atomic mass is 16.2. The lowest BCUT2D eigenvalue weighted by Gasteiger charge is -2.30. The summed E-state index contributed by atoms with van der Waals surface area (Å²) in [5.74, 6) is -0.342. The van der Waals surface area contributed by atoms with Crippen LogP contribution < -0.4 is 5.73 Å². The summed E-state index contributed by atoms with van der Waals surface area (Å²) < 4.78 is 1.99. The van der Waals surface area contributed by atoms with E-state index in [-0.39, 0.29) is 17.7 Å². The number of nitrogens with zero attached hydrogens (tertiary/aromatic N) is 2. The normalized spacial score (nSPS) is 15.7. The lowest BCUT2D eigenvalue weighted by atomic mass is 9.96. The third-order valence-corrected chi connectivity index (χ3v) is 4.20. The molecule has 0 saturated carbocycles. The molecule has 5 nitrogen and oxygen atoms in total. The first-order valence-electron chi connectivity index (χ1n) is 7.47. The number of primary amides is 1. The summed E-state index contributed by atoms with van der Waals surface area (Å²) >= 11 is 0. The Morgan fingerprint density at radius 2 is 1.59 bits per heavy atom. The number of benzene rings is 1. The maximum Gasteiger partial charge on any atom is 0.253 e. The number of nitrogens with two attached hydrogens (primary N) is 1. The minimum absolute atomic E-state index is 0.0157. The van der Waals surface area contributed by atoms with Crippen LogP contribution in [0.4, 0.5) is 0 Å². The van der Waals surface area contributed by atoms with Gasteiger partial charge in [-0.05, 0) is 49.2 Å². The molecular formula is C17H19N3O2. The van der Waals surface area contributed by atoms with E-state index < -0.39 is 0 Å². The van der Waals surface area contributed by atoms with E-state index in [1.165, 1.54) is 0 Å². The molecule has 22 heavy (non-hydrogen) atoms. The maximum atomic E-state index is 12.5. The van der Waals surface area contributed by atoms with Crippen molar-refractivity contribution in [3.05, 3.63) is 54.4 Å². The van der Waals surface area contributed by atoms with Crippen molar-refractivity contribution in [2.75, 3.05) is 13.1 Å². The molecule has 5 heteroatoms. The molecule has 2 N–H and O–H groups in total. The summed E-state index contributed by atoms with van der Waals surface area (Å²) in [6.07, 6.45) is 5.24. The number of piperidine rings is 1. The molecule has 0 atom stereocenters. The van der Waals surface area contributed by atoms with E-state index in [1.54, 1.807) is 4.90 Å². The molecule has 0 radical (unpaired) electrons. The van der Waals surface area contributed by atoms with Gasteiger partial charge in [0.15, 0.2) is 0 Å². The Hall–Kier alpha value is -2.56. The molecule has 2 amide bonds. The zero-order valence-electron chi connectivity index (χ0n) is 12.3. The average Bonchev–Trinajstić information content (AvgIpc) is 3.09. The lowest BCUT2D eigenvalue weighted by Crippen LogP contribution is -2.41. The molecule has 1 aromatic heterocycles. The van der Waals surface area contributed by atoms with E-state index in [0.717, 1.165) is 5.69 Å². The fourth-order valence-electron chi connectivity index (χ4n) is 2.83. The van der Waals surface area contributed by atoms with Gasteiger partial charge in [0, 0.05) is 42.7 Å². The number of likely N-dealkylation sites (tertiary alicyclic amines) is 1. The standard InChI is InChI=1S/C17H19N3O2/c18-16(21)13-7-11-20(12-8-13)17(22)14-3-5-15(6-4-14)19-9-1-2-10-19/h1-6,9-10,13H,7-8,11-12H2,(H2,18,21). The van der Waals surface area contributed by atoms with E-state index in [0.29, 0.717) is 31.5 Å². The second-order valence-electron chi connectivity index (χ2n) is 5.61. The molecule has 0 spiro atoms. The van der Waals surface area contributed by atoms with Crippen LogP contribution in [-0.4, -0.2) is 34.4 Å². The summed E-state index contributed by atoms with van der Waals surface area (Å²) in [6.45, 7) is 1.18. The van der Waals surface area contributed by atoms with Gasteiger partial charge in [0.05, 0.1) is 0 Å². The fraction of sp³-hybridized carbons (Fsp3) is 0.294. The molecule has 1 aliphatic heterocycles. The summed E-state index contributed by atoms with van der Waals surface area (Å²) in [6, 6.07) is 11.5. The lowest BCUT2D eigenvalue weighted by molar-refractivity contribution is -0.123. The van der Waals surface area contributed by atoms with Crippen LogP contribution in [0.1, 0.15) is 23.2 Å². The maximum absolute atomic E-state index is 12.5. The topological polar surface area (TPSA) is 68.3 Å². The van der Waals surface area contributed by atoms with Gasteiger partial charge in [-0.3, -0.25) is 9.59 Å². The number of carbonyl (C=O) groups is 2. The molecule has 1 saturated heterocycles. The molecule has 114 valence electrons. The Labute approximate surface area is 129 Å². The van der Waals surface area contributed by atoms with Gasteiger partial charge in [-0.1, -0.05) is 0 Å². The second kappa shape index (κ2) is 6.05. The van der Waals surface area contributed by atoms with Crippen molar-refractivity contribution in [2.24, 2.45) is 11.7 Å². The largest absolute Gasteiger partial charge is 0.369 e. The quantitative estimate of drug-likeness (QED) is 0.939. The van der Waals surface area contributed by atoms with E-state index in [1.807, 2.05) is 53.4 Å². The van der Waals surface area contributed by atoms with Crippen LogP contribution >= 0.6 is 0 Å². The number of rotatable bonds is 3. The van der Waals surface area contributed by atoms with Gasteiger partial charge in [-0.15, -0.1) is 0 Å². The Bertz CT molecular complexity index is 654. The van der Waals surface area contributed by atoms with E-state index >= 15 is 0 Å². The Morgan fingerprint density at radius 1 is 1.00 bits per heavy atom. The van der Waals surface area contributed by atoms with Crippen molar-refractivity contribution in [3.63, 3.8) is 0 Å². The molecule has 0 unspecified atom stereocenters. The molecular weight excluding hydrogens is 278 g/mol. The third-order valence-electron chi connectivity index (χ3n) is 4.20. The van der Waals surface area contributed by atoms with E-state index in [9.17, 15) is 9.59 Å². The van der Waals surface area contributed by atoms with Gasteiger partial charge in [0.25, 0.3) is 5.91 Å². The van der Waals surface area contributed by atoms with Crippen molar-refractivity contribution in [3.8, 4) is 5.69 Å². The smallest absolute Gasteiger partial charge is 0.253 e. The van der Waals surface area contributed by atoms with Gasteiger partial charge in [-0.2, -0.15) is 0 Å². The van der Waals surface area contributed by atoms with Crippen LogP contribution in [0, 0.1) is 5.92 Å². The van der Waals surface area contributed by atoms with Gasteiger partial charge in [0.1, 0.15) is 0 Å². The predicted molar refractivity (Wildman–Crippen MR) is 83.6 cm³/mol. The van der Waals surface area contributed by atoms with Crippen molar-refractivity contribution in [1.29, 1.82) is 0 Å². The Balaban J connectivity index is 1.67. The first-order chi connectivity index (χ1) is 10.6. The van der Waals surface area contributed by atoms with Crippen LogP contribution in [0.5, 0.6) is 0 Å². The molecule has 0 bridgehead atoms. The first kappa shape index (κ1) is 14.4. The van der Waals surface area contributed by atoms with Crippen molar-refractivity contribution in [2.45, 2.75) is 12.8 Å². The fourth-order valence-corrected chi connectivity index (χ4v) is 2.83. The molecule has 2 heterocycles. The summed E-state index contributed by atoms with van der Waals surface area (Å²) in [5, 5.41) is 0. The second-order valence-corrected chi connectivity index (χ2v) is 5.61. The minimum atomic E-state index is -0.261. The Morgan fingerprint density at radius 3 is 2.14 bits per heavy atom. The van der Waals surface area contributed by atoms with Gasteiger partial charge in [-0.25, -0.2) is 0 Å². The highest BCUT2D eigenvalue weighted by Crippen LogP contribution is 2.19. The average molecular weight is 297 g/mol.